The van der Waals surface area contributed by atoms with Gasteiger partial charge in [-0.3, -0.25) is 14.3 Å². The van der Waals surface area contributed by atoms with Gasteiger partial charge in [0.2, 0.25) is 17.6 Å². The number of aromatic amines is 1. The molecule has 1 saturated heterocycles. The molecular formula is C16H16N6O4. The molecule has 26 heavy (non-hydrogen) atoms. The van der Waals surface area contributed by atoms with Gasteiger partial charge in [0.25, 0.3) is 11.5 Å². The quantitative estimate of drug-likeness (QED) is 0.719. The van der Waals surface area contributed by atoms with Gasteiger partial charge in [-0.25, -0.2) is 0 Å². The fourth-order valence-corrected chi connectivity index (χ4v) is 2.84. The molecule has 134 valence electrons. The molecule has 0 radical (unpaired) electrons. The van der Waals surface area contributed by atoms with E-state index < -0.39 is 0 Å². The van der Waals surface area contributed by atoms with Crippen molar-refractivity contribution in [3.05, 3.63) is 46.3 Å². The molecule has 1 N–H and O–H groups in total. The Morgan fingerprint density at radius 3 is 2.96 bits per heavy atom. The third-order valence-corrected chi connectivity index (χ3v) is 4.24. The summed E-state index contributed by atoms with van der Waals surface area (Å²) in [6, 6.07) is 3.32. The molecule has 4 rings (SSSR count). The molecule has 0 unspecified atom stereocenters. The van der Waals surface area contributed by atoms with Crippen molar-refractivity contribution in [2.75, 3.05) is 20.2 Å². The number of aryl methyl sites for hydroxylation is 1. The van der Waals surface area contributed by atoms with E-state index in [4.69, 9.17) is 9.26 Å². The summed E-state index contributed by atoms with van der Waals surface area (Å²) in [6.07, 6.45) is 3.16. The lowest BCUT2D eigenvalue weighted by molar-refractivity contribution is 0.0566. The van der Waals surface area contributed by atoms with E-state index in [2.05, 4.69) is 20.2 Å². The fraction of sp³-hybridized carbons (Fsp3) is 0.312. The van der Waals surface area contributed by atoms with Gasteiger partial charge < -0.3 is 19.1 Å². The summed E-state index contributed by atoms with van der Waals surface area (Å²) >= 11 is 0. The van der Waals surface area contributed by atoms with Gasteiger partial charge in [-0.15, -0.1) is 5.10 Å². The van der Waals surface area contributed by atoms with Gasteiger partial charge in [-0.2, -0.15) is 4.98 Å². The molecule has 3 aromatic rings. The molecule has 0 aliphatic carbocycles. The van der Waals surface area contributed by atoms with Gasteiger partial charge in [0.1, 0.15) is 5.56 Å². The predicted octanol–water partition coefficient (Wildman–Crippen LogP) is 0.407. The maximum Gasteiger partial charge on any atom is 0.261 e. The van der Waals surface area contributed by atoms with Crippen LogP contribution in [-0.2, 0) is 7.05 Å². The van der Waals surface area contributed by atoms with Gasteiger partial charge in [0.05, 0.1) is 18.6 Å². The van der Waals surface area contributed by atoms with Crippen molar-refractivity contribution in [2.45, 2.75) is 5.92 Å². The maximum absolute atomic E-state index is 12.5. The maximum atomic E-state index is 12.5. The Balaban J connectivity index is 1.46. The Morgan fingerprint density at radius 1 is 1.42 bits per heavy atom. The first-order valence-corrected chi connectivity index (χ1v) is 7.95. The SMILES string of the molecule is COc1nn(C)cc1C(=O)N1CC(c2nc(-c3ccc[nH]c3=O)no2)C1. The van der Waals surface area contributed by atoms with E-state index in [1.165, 1.54) is 18.0 Å². The first-order chi connectivity index (χ1) is 12.6. The Kier molecular flexibility index (Phi) is 3.79. The minimum atomic E-state index is -0.283. The smallest absolute Gasteiger partial charge is 0.261 e. The van der Waals surface area contributed by atoms with E-state index in [1.807, 2.05) is 0 Å². The van der Waals surface area contributed by atoms with Crippen LogP contribution in [0.3, 0.4) is 0 Å². The number of hydrogen-bond donors (Lipinski definition) is 1. The van der Waals surface area contributed by atoms with Crippen LogP contribution in [0.25, 0.3) is 11.4 Å². The molecule has 10 nitrogen and oxygen atoms in total. The van der Waals surface area contributed by atoms with Crippen LogP contribution < -0.4 is 10.3 Å². The number of ether oxygens (including phenoxy) is 1. The van der Waals surface area contributed by atoms with Crippen LogP contribution >= 0.6 is 0 Å². The van der Waals surface area contributed by atoms with Crippen LogP contribution in [0.2, 0.25) is 0 Å². The number of rotatable bonds is 4. The Bertz CT molecular complexity index is 1010. The molecule has 0 spiro atoms. The van der Waals surface area contributed by atoms with Gasteiger partial charge in [-0.1, -0.05) is 5.16 Å². The van der Waals surface area contributed by atoms with Crippen LogP contribution in [0.15, 0.2) is 33.8 Å². The highest BCUT2D eigenvalue weighted by Gasteiger charge is 2.37. The number of nitrogens with one attached hydrogen (secondary N) is 1. The highest BCUT2D eigenvalue weighted by Crippen LogP contribution is 2.29. The number of hydrogen-bond acceptors (Lipinski definition) is 7. The first kappa shape index (κ1) is 16.1. The standard InChI is InChI=1S/C16H16N6O4/c1-21-8-11(15(19-21)25-2)16(24)22-6-9(7-22)14-18-12(20-26-14)10-4-3-5-17-13(10)23/h3-5,8-9H,6-7H2,1-2H3,(H,17,23). The second-order valence-electron chi connectivity index (χ2n) is 6.00. The van der Waals surface area contributed by atoms with E-state index in [9.17, 15) is 9.59 Å². The number of amides is 1. The van der Waals surface area contributed by atoms with Crippen LogP contribution in [0.1, 0.15) is 22.2 Å². The van der Waals surface area contributed by atoms with Crippen molar-refractivity contribution in [1.82, 2.24) is 29.8 Å². The van der Waals surface area contributed by atoms with Crippen LogP contribution in [0, 0.1) is 0 Å². The number of methoxy groups -OCH3 is 1. The molecule has 1 amide bonds. The van der Waals surface area contributed by atoms with E-state index in [-0.39, 0.29) is 23.2 Å². The number of carbonyl (C=O) groups excluding carboxylic acids is 1. The summed E-state index contributed by atoms with van der Waals surface area (Å²) in [4.78, 5) is 32.9. The topological polar surface area (TPSA) is 119 Å². The molecule has 1 aliphatic heterocycles. The van der Waals surface area contributed by atoms with Crippen LogP contribution in [0.5, 0.6) is 5.88 Å². The second kappa shape index (κ2) is 6.14. The summed E-state index contributed by atoms with van der Waals surface area (Å²) in [5.41, 5.74) is 0.472. The number of H-pyrrole nitrogens is 1. The number of nitrogens with zero attached hydrogens (tertiary/aromatic N) is 5. The summed E-state index contributed by atoms with van der Waals surface area (Å²) in [5, 5.41) is 7.95. The van der Waals surface area contributed by atoms with Crippen molar-refractivity contribution in [1.29, 1.82) is 0 Å². The largest absolute Gasteiger partial charge is 0.479 e. The molecule has 1 fully saturated rings. The third kappa shape index (κ3) is 2.65. The minimum absolute atomic E-state index is 0.0642. The predicted molar refractivity (Wildman–Crippen MR) is 88.8 cm³/mol. The highest BCUT2D eigenvalue weighted by atomic mass is 16.5. The number of pyridine rings is 1. The number of likely N-dealkylation sites (tertiary alicyclic amines) is 1. The van der Waals surface area contributed by atoms with Crippen molar-refractivity contribution < 1.29 is 14.1 Å². The Labute approximate surface area is 147 Å². The molecule has 3 aromatic heterocycles. The lowest BCUT2D eigenvalue weighted by Crippen LogP contribution is -2.48. The molecule has 0 bridgehead atoms. The van der Waals surface area contributed by atoms with Gasteiger partial charge in [-0.05, 0) is 12.1 Å². The zero-order valence-corrected chi connectivity index (χ0v) is 14.2. The van der Waals surface area contributed by atoms with Gasteiger partial charge >= 0.3 is 0 Å². The second-order valence-corrected chi connectivity index (χ2v) is 6.00. The van der Waals surface area contributed by atoms with Crippen molar-refractivity contribution >= 4 is 5.91 Å². The zero-order valence-electron chi connectivity index (χ0n) is 14.2. The number of carbonyl (C=O) groups is 1. The lowest BCUT2D eigenvalue weighted by Gasteiger charge is -2.36. The molecule has 0 saturated carbocycles. The monoisotopic (exact) mass is 356 g/mol. The van der Waals surface area contributed by atoms with Crippen molar-refractivity contribution in [2.24, 2.45) is 7.05 Å². The molecule has 4 heterocycles. The van der Waals surface area contributed by atoms with Crippen molar-refractivity contribution in [3.63, 3.8) is 0 Å². The fourth-order valence-electron chi connectivity index (χ4n) is 2.84. The summed E-state index contributed by atoms with van der Waals surface area (Å²) in [5.74, 6) is 0.714. The summed E-state index contributed by atoms with van der Waals surface area (Å²) in [7, 11) is 3.20. The van der Waals surface area contributed by atoms with E-state index in [0.717, 1.165) is 0 Å². The molecule has 0 atom stereocenters. The molecular weight excluding hydrogens is 340 g/mol. The average molecular weight is 356 g/mol. The normalized spacial score (nSPS) is 14.3. The first-order valence-electron chi connectivity index (χ1n) is 7.95. The molecule has 10 heteroatoms. The zero-order chi connectivity index (χ0) is 18.3. The Morgan fingerprint density at radius 2 is 2.23 bits per heavy atom. The van der Waals surface area contributed by atoms with Crippen molar-refractivity contribution in [3.8, 4) is 17.3 Å². The Hall–Kier alpha value is -3.43. The summed E-state index contributed by atoms with van der Waals surface area (Å²) in [6.45, 7) is 0.896. The van der Waals surface area contributed by atoms with E-state index in [1.54, 1.807) is 30.3 Å². The van der Waals surface area contributed by atoms with Crippen LogP contribution in [-0.4, -0.2) is 55.9 Å². The molecule has 0 aromatic carbocycles. The summed E-state index contributed by atoms with van der Waals surface area (Å²) < 4.78 is 11.9. The van der Waals surface area contributed by atoms with Crippen LogP contribution in [0.4, 0.5) is 0 Å². The highest BCUT2D eigenvalue weighted by molar-refractivity contribution is 5.96. The van der Waals surface area contributed by atoms with E-state index >= 15 is 0 Å². The minimum Gasteiger partial charge on any atom is -0.479 e. The van der Waals surface area contributed by atoms with Gasteiger partial charge in [0, 0.05) is 32.5 Å². The lowest BCUT2D eigenvalue weighted by atomic mass is 9.99. The number of aromatic nitrogens is 5. The van der Waals surface area contributed by atoms with Gasteiger partial charge in [0.15, 0.2) is 0 Å². The van der Waals surface area contributed by atoms with E-state index in [0.29, 0.717) is 36.0 Å². The third-order valence-electron chi connectivity index (χ3n) is 4.24. The molecule has 1 aliphatic rings. The average Bonchev–Trinajstić information content (AvgIpc) is 3.20.